The first-order valence-corrected chi connectivity index (χ1v) is 6.62. The predicted molar refractivity (Wildman–Crippen MR) is 66.8 cm³/mol. The standard InChI is InChI=1S/C14H16F2N2O/c15-11-5-10(6-12(16)7-11)14(19)18-4-2-13-9(8-18)1-3-17-13/h5-7,9,13,17H,1-4,8H2. The summed E-state index contributed by atoms with van der Waals surface area (Å²) in [6.45, 7) is 2.31. The molecule has 1 aromatic rings. The highest BCUT2D eigenvalue weighted by Crippen LogP contribution is 2.25. The predicted octanol–water partition coefficient (Wildman–Crippen LogP) is 1.79. The summed E-state index contributed by atoms with van der Waals surface area (Å²) in [6, 6.07) is 3.48. The molecule has 1 amide bonds. The Bertz CT molecular complexity index is 486. The van der Waals surface area contributed by atoms with E-state index in [2.05, 4.69) is 5.32 Å². The van der Waals surface area contributed by atoms with Crippen LogP contribution < -0.4 is 5.32 Å². The molecule has 2 aliphatic rings. The molecule has 2 heterocycles. The van der Waals surface area contributed by atoms with Gasteiger partial charge in [0.1, 0.15) is 11.6 Å². The number of carbonyl (C=O) groups excluding carboxylic acids is 1. The third-order valence-corrected chi connectivity index (χ3v) is 4.05. The molecule has 0 saturated carbocycles. The van der Waals surface area contributed by atoms with Crippen LogP contribution in [0.1, 0.15) is 23.2 Å². The Morgan fingerprint density at radius 3 is 2.68 bits per heavy atom. The van der Waals surface area contributed by atoms with Crippen molar-refractivity contribution in [2.75, 3.05) is 19.6 Å². The van der Waals surface area contributed by atoms with Crippen molar-refractivity contribution in [3.8, 4) is 0 Å². The Balaban J connectivity index is 1.76. The molecule has 2 aliphatic heterocycles. The van der Waals surface area contributed by atoms with Gasteiger partial charge >= 0.3 is 0 Å². The second-order valence-electron chi connectivity index (χ2n) is 5.31. The Morgan fingerprint density at radius 1 is 1.21 bits per heavy atom. The van der Waals surface area contributed by atoms with Gasteiger partial charge in [-0.05, 0) is 37.4 Å². The van der Waals surface area contributed by atoms with Crippen molar-refractivity contribution in [3.05, 3.63) is 35.4 Å². The maximum Gasteiger partial charge on any atom is 0.254 e. The van der Waals surface area contributed by atoms with Crippen molar-refractivity contribution in [1.29, 1.82) is 0 Å². The van der Waals surface area contributed by atoms with Crippen molar-refractivity contribution in [3.63, 3.8) is 0 Å². The molecule has 0 aromatic heterocycles. The lowest BCUT2D eigenvalue weighted by Crippen LogP contribution is -2.46. The third-order valence-electron chi connectivity index (χ3n) is 4.05. The van der Waals surface area contributed by atoms with Gasteiger partial charge in [0.15, 0.2) is 0 Å². The maximum atomic E-state index is 13.1. The molecule has 2 atom stereocenters. The number of amides is 1. The molecule has 2 unspecified atom stereocenters. The van der Waals surface area contributed by atoms with E-state index < -0.39 is 11.6 Å². The van der Waals surface area contributed by atoms with Crippen LogP contribution in [0.5, 0.6) is 0 Å². The van der Waals surface area contributed by atoms with Gasteiger partial charge in [-0.3, -0.25) is 4.79 Å². The molecule has 0 radical (unpaired) electrons. The van der Waals surface area contributed by atoms with E-state index in [1.165, 1.54) is 0 Å². The zero-order valence-corrected chi connectivity index (χ0v) is 10.5. The fourth-order valence-corrected chi connectivity index (χ4v) is 3.09. The summed E-state index contributed by atoms with van der Waals surface area (Å²) in [5, 5.41) is 3.42. The Kier molecular flexibility index (Phi) is 3.22. The van der Waals surface area contributed by atoms with Crippen LogP contribution in [0.15, 0.2) is 18.2 Å². The highest BCUT2D eigenvalue weighted by atomic mass is 19.1. The molecule has 1 N–H and O–H groups in total. The number of fused-ring (bicyclic) bond motifs is 1. The Hall–Kier alpha value is -1.49. The number of piperidine rings is 1. The second-order valence-corrected chi connectivity index (χ2v) is 5.31. The van der Waals surface area contributed by atoms with Gasteiger partial charge in [0.2, 0.25) is 0 Å². The molecule has 3 nitrogen and oxygen atoms in total. The molecule has 1 aromatic carbocycles. The topological polar surface area (TPSA) is 32.3 Å². The van der Waals surface area contributed by atoms with E-state index in [-0.39, 0.29) is 11.5 Å². The summed E-state index contributed by atoms with van der Waals surface area (Å²) in [7, 11) is 0. The summed E-state index contributed by atoms with van der Waals surface area (Å²) in [4.78, 5) is 14.0. The van der Waals surface area contributed by atoms with E-state index in [9.17, 15) is 13.6 Å². The number of nitrogens with one attached hydrogen (secondary N) is 1. The number of hydrogen-bond acceptors (Lipinski definition) is 2. The van der Waals surface area contributed by atoms with Gasteiger partial charge < -0.3 is 10.2 Å². The lowest BCUT2D eigenvalue weighted by Gasteiger charge is -2.34. The average Bonchev–Trinajstić information content (AvgIpc) is 2.83. The minimum Gasteiger partial charge on any atom is -0.338 e. The molecular weight excluding hydrogens is 250 g/mol. The van der Waals surface area contributed by atoms with Gasteiger partial charge in [-0.1, -0.05) is 0 Å². The molecule has 2 fully saturated rings. The van der Waals surface area contributed by atoms with E-state index in [1.54, 1.807) is 4.90 Å². The van der Waals surface area contributed by atoms with Crippen LogP contribution >= 0.6 is 0 Å². The van der Waals surface area contributed by atoms with Crippen LogP contribution in [-0.4, -0.2) is 36.5 Å². The van der Waals surface area contributed by atoms with Gasteiger partial charge in [0.25, 0.3) is 5.91 Å². The summed E-state index contributed by atoms with van der Waals surface area (Å²) in [6.07, 6.45) is 1.97. The van der Waals surface area contributed by atoms with Crippen molar-refractivity contribution < 1.29 is 13.6 Å². The lowest BCUT2D eigenvalue weighted by atomic mass is 9.93. The maximum absolute atomic E-state index is 13.1. The second kappa shape index (κ2) is 4.89. The summed E-state index contributed by atoms with van der Waals surface area (Å²) in [5.41, 5.74) is 0.0990. The first kappa shape index (κ1) is 12.5. The molecule has 0 spiro atoms. The van der Waals surface area contributed by atoms with Gasteiger partial charge in [-0.15, -0.1) is 0 Å². The Morgan fingerprint density at radius 2 is 1.95 bits per heavy atom. The van der Waals surface area contributed by atoms with Crippen molar-refractivity contribution in [1.82, 2.24) is 10.2 Å². The number of halogens is 2. The first-order chi connectivity index (χ1) is 9.13. The fourth-order valence-electron chi connectivity index (χ4n) is 3.09. The summed E-state index contributed by atoms with van der Waals surface area (Å²) >= 11 is 0. The van der Waals surface area contributed by atoms with Crippen molar-refractivity contribution in [2.45, 2.75) is 18.9 Å². The zero-order valence-electron chi connectivity index (χ0n) is 10.5. The van der Waals surface area contributed by atoms with Gasteiger partial charge in [-0.25, -0.2) is 8.78 Å². The molecule has 102 valence electrons. The lowest BCUT2D eigenvalue weighted by molar-refractivity contribution is 0.0661. The molecule has 19 heavy (non-hydrogen) atoms. The van der Waals surface area contributed by atoms with E-state index in [0.717, 1.165) is 37.6 Å². The van der Waals surface area contributed by atoms with E-state index in [4.69, 9.17) is 0 Å². The van der Waals surface area contributed by atoms with Gasteiger partial charge in [0.05, 0.1) is 0 Å². The van der Waals surface area contributed by atoms with E-state index >= 15 is 0 Å². The summed E-state index contributed by atoms with van der Waals surface area (Å²) < 4.78 is 26.3. The number of hydrogen-bond donors (Lipinski definition) is 1. The number of carbonyl (C=O) groups is 1. The minimum absolute atomic E-state index is 0.0990. The SMILES string of the molecule is O=C(c1cc(F)cc(F)c1)N1CCC2NCCC2C1. The zero-order chi connectivity index (χ0) is 13.4. The van der Waals surface area contributed by atoms with E-state index in [0.29, 0.717) is 25.0 Å². The van der Waals surface area contributed by atoms with Crippen LogP contribution in [0.25, 0.3) is 0 Å². The minimum atomic E-state index is -0.708. The quantitative estimate of drug-likeness (QED) is 0.840. The smallest absolute Gasteiger partial charge is 0.254 e. The number of likely N-dealkylation sites (tertiary alicyclic amines) is 1. The molecular formula is C14H16F2N2O. The number of nitrogens with zero attached hydrogens (tertiary/aromatic N) is 1. The normalized spacial score (nSPS) is 26.3. The third kappa shape index (κ3) is 2.47. The monoisotopic (exact) mass is 266 g/mol. The fraction of sp³-hybridized carbons (Fsp3) is 0.500. The van der Waals surface area contributed by atoms with Crippen molar-refractivity contribution >= 4 is 5.91 Å². The molecule has 3 rings (SSSR count). The van der Waals surface area contributed by atoms with Crippen molar-refractivity contribution in [2.24, 2.45) is 5.92 Å². The summed E-state index contributed by atoms with van der Waals surface area (Å²) in [5.74, 6) is -1.22. The number of rotatable bonds is 1. The molecule has 2 saturated heterocycles. The largest absolute Gasteiger partial charge is 0.338 e. The van der Waals surface area contributed by atoms with Crippen LogP contribution in [0.4, 0.5) is 8.78 Å². The average molecular weight is 266 g/mol. The van der Waals surface area contributed by atoms with Gasteiger partial charge in [0, 0.05) is 30.8 Å². The molecule has 0 bridgehead atoms. The van der Waals surface area contributed by atoms with Crippen LogP contribution in [0, 0.1) is 17.6 Å². The van der Waals surface area contributed by atoms with Crippen LogP contribution in [-0.2, 0) is 0 Å². The first-order valence-electron chi connectivity index (χ1n) is 6.62. The van der Waals surface area contributed by atoms with Crippen LogP contribution in [0.3, 0.4) is 0 Å². The molecule has 5 heteroatoms. The highest BCUT2D eigenvalue weighted by molar-refractivity contribution is 5.94. The Labute approximate surface area is 110 Å². The highest BCUT2D eigenvalue weighted by Gasteiger charge is 2.34. The van der Waals surface area contributed by atoms with E-state index in [1.807, 2.05) is 0 Å². The number of benzene rings is 1. The molecule has 0 aliphatic carbocycles. The van der Waals surface area contributed by atoms with Crippen LogP contribution in [0.2, 0.25) is 0 Å². The van der Waals surface area contributed by atoms with Gasteiger partial charge in [-0.2, -0.15) is 0 Å².